The summed E-state index contributed by atoms with van der Waals surface area (Å²) in [6.07, 6.45) is -0.718. The topological polar surface area (TPSA) is 35.5 Å². The van der Waals surface area contributed by atoms with Gasteiger partial charge < -0.3 is 9.47 Å². The van der Waals surface area contributed by atoms with Crippen LogP contribution in [0.5, 0.6) is 0 Å². The molecule has 0 saturated heterocycles. The zero-order valence-electron chi connectivity index (χ0n) is 5.39. The molecule has 0 heterocycles. The molecule has 0 unspecified atom stereocenters. The van der Waals surface area contributed by atoms with Crippen LogP contribution in [0.3, 0.4) is 0 Å². The zero-order valence-corrected chi connectivity index (χ0v) is 6.97. The van der Waals surface area contributed by atoms with E-state index in [1.165, 1.54) is 14.2 Å². The maximum Gasteiger partial charge on any atom is 0.218 e. The Labute approximate surface area is 62.5 Å². The third-order valence-electron chi connectivity index (χ3n) is 0.823. The first-order chi connectivity index (χ1) is 4.26. The molecule has 0 spiro atoms. The number of hydrogen-bond donors (Lipinski definition) is 0. The van der Waals surface area contributed by atoms with E-state index in [0.717, 1.165) is 0 Å². The van der Waals surface area contributed by atoms with Crippen LogP contribution in [0, 0.1) is 0 Å². The van der Waals surface area contributed by atoms with Gasteiger partial charge in [0.1, 0.15) is 0 Å². The SMILES string of the molecule is COC(OC)C(=O)CBr. The summed E-state index contributed by atoms with van der Waals surface area (Å²) in [5.41, 5.74) is 0. The Balaban J connectivity index is 3.64. The van der Waals surface area contributed by atoms with E-state index in [2.05, 4.69) is 25.4 Å². The van der Waals surface area contributed by atoms with Crippen LogP contribution in [0.15, 0.2) is 0 Å². The minimum atomic E-state index is -0.718. The van der Waals surface area contributed by atoms with Crippen molar-refractivity contribution in [2.24, 2.45) is 0 Å². The minimum Gasteiger partial charge on any atom is -0.349 e. The average molecular weight is 197 g/mol. The summed E-state index contributed by atoms with van der Waals surface area (Å²) < 4.78 is 9.30. The highest BCUT2D eigenvalue weighted by atomic mass is 79.9. The molecule has 3 nitrogen and oxygen atoms in total. The van der Waals surface area contributed by atoms with Gasteiger partial charge in [-0.25, -0.2) is 0 Å². The fourth-order valence-corrected chi connectivity index (χ4v) is 0.686. The predicted molar refractivity (Wildman–Crippen MR) is 36.6 cm³/mol. The number of Topliss-reactive ketones (excluding diaryl/α,β-unsaturated/α-hetero) is 1. The van der Waals surface area contributed by atoms with Gasteiger partial charge in [-0.3, -0.25) is 4.79 Å². The second-order valence-corrected chi connectivity index (χ2v) is 1.96. The Morgan fingerprint density at radius 1 is 1.56 bits per heavy atom. The average Bonchev–Trinajstić information content (AvgIpc) is 1.90. The molecule has 0 aliphatic rings. The molecule has 0 bridgehead atoms. The molecule has 0 aromatic heterocycles. The molecule has 0 aliphatic carbocycles. The summed E-state index contributed by atoms with van der Waals surface area (Å²) in [5.74, 6) is -0.111. The van der Waals surface area contributed by atoms with Crippen molar-refractivity contribution >= 4 is 21.7 Å². The van der Waals surface area contributed by atoms with E-state index in [1.807, 2.05) is 0 Å². The van der Waals surface area contributed by atoms with Crippen molar-refractivity contribution in [1.82, 2.24) is 0 Å². The lowest BCUT2D eigenvalue weighted by atomic mass is 10.4. The van der Waals surface area contributed by atoms with E-state index in [4.69, 9.17) is 0 Å². The number of rotatable bonds is 4. The Kier molecular flexibility index (Phi) is 4.94. The molecule has 0 aliphatic heterocycles. The Bertz CT molecular complexity index is 90.2. The summed E-state index contributed by atoms with van der Waals surface area (Å²) in [7, 11) is 2.85. The Hall–Kier alpha value is 0.0700. The summed E-state index contributed by atoms with van der Waals surface area (Å²) in [5, 5.41) is 0.263. The van der Waals surface area contributed by atoms with E-state index < -0.39 is 6.29 Å². The number of carbonyl (C=O) groups is 1. The van der Waals surface area contributed by atoms with Gasteiger partial charge in [0.2, 0.25) is 6.29 Å². The van der Waals surface area contributed by atoms with Gasteiger partial charge in [0.05, 0.1) is 5.33 Å². The first-order valence-corrected chi connectivity index (χ1v) is 3.52. The second-order valence-electron chi connectivity index (χ2n) is 1.40. The highest BCUT2D eigenvalue weighted by molar-refractivity contribution is 9.09. The first kappa shape index (κ1) is 9.07. The number of carbonyl (C=O) groups excluding carboxylic acids is 1. The summed E-state index contributed by atoms with van der Waals surface area (Å²) in [6, 6.07) is 0. The van der Waals surface area contributed by atoms with Crippen LogP contribution in [0.1, 0.15) is 0 Å². The lowest BCUT2D eigenvalue weighted by Gasteiger charge is -2.08. The van der Waals surface area contributed by atoms with Crippen LogP contribution in [-0.2, 0) is 14.3 Å². The normalized spacial score (nSPS) is 10.2. The summed E-state index contributed by atoms with van der Waals surface area (Å²) >= 11 is 2.99. The molecule has 0 fully saturated rings. The fourth-order valence-electron chi connectivity index (χ4n) is 0.422. The van der Waals surface area contributed by atoms with Crippen molar-refractivity contribution in [3.05, 3.63) is 0 Å². The molecule has 54 valence electrons. The van der Waals surface area contributed by atoms with Gasteiger partial charge in [0, 0.05) is 14.2 Å². The quantitative estimate of drug-likeness (QED) is 0.488. The predicted octanol–water partition coefficient (Wildman–Crippen LogP) is 0.569. The smallest absolute Gasteiger partial charge is 0.218 e. The van der Waals surface area contributed by atoms with Crippen LogP contribution >= 0.6 is 15.9 Å². The Morgan fingerprint density at radius 2 is 2.00 bits per heavy atom. The molecule has 0 atom stereocenters. The van der Waals surface area contributed by atoms with E-state index in [9.17, 15) is 4.79 Å². The Morgan fingerprint density at radius 3 is 2.11 bits per heavy atom. The van der Waals surface area contributed by atoms with Gasteiger partial charge in [-0.1, -0.05) is 15.9 Å². The lowest BCUT2D eigenvalue weighted by molar-refractivity contribution is -0.153. The first-order valence-electron chi connectivity index (χ1n) is 2.40. The van der Waals surface area contributed by atoms with E-state index in [1.54, 1.807) is 0 Å². The third-order valence-corrected chi connectivity index (χ3v) is 1.38. The fraction of sp³-hybridized carbons (Fsp3) is 0.800. The van der Waals surface area contributed by atoms with Crippen LogP contribution in [0.25, 0.3) is 0 Å². The molecule has 9 heavy (non-hydrogen) atoms. The molecule has 0 rings (SSSR count). The minimum absolute atomic E-state index is 0.111. The number of hydrogen-bond acceptors (Lipinski definition) is 3. The third kappa shape index (κ3) is 2.93. The van der Waals surface area contributed by atoms with Gasteiger partial charge in [-0.2, -0.15) is 0 Å². The van der Waals surface area contributed by atoms with Gasteiger partial charge >= 0.3 is 0 Å². The van der Waals surface area contributed by atoms with Crippen molar-refractivity contribution in [3.8, 4) is 0 Å². The van der Waals surface area contributed by atoms with Crippen LogP contribution in [0.4, 0.5) is 0 Å². The molecule has 0 aromatic carbocycles. The highest BCUT2D eigenvalue weighted by Gasteiger charge is 2.13. The maximum absolute atomic E-state index is 10.7. The number of halogens is 1. The van der Waals surface area contributed by atoms with Crippen LogP contribution in [0.2, 0.25) is 0 Å². The maximum atomic E-state index is 10.7. The molecule has 0 radical (unpaired) electrons. The van der Waals surface area contributed by atoms with Gasteiger partial charge in [0.25, 0.3) is 0 Å². The summed E-state index contributed by atoms with van der Waals surface area (Å²) in [6.45, 7) is 0. The summed E-state index contributed by atoms with van der Waals surface area (Å²) in [4.78, 5) is 10.7. The number of methoxy groups -OCH3 is 2. The van der Waals surface area contributed by atoms with Crippen molar-refractivity contribution in [3.63, 3.8) is 0 Å². The van der Waals surface area contributed by atoms with E-state index in [0.29, 0.717) is 0 Å². The molecule has 0 N–H and O–H groups in total. The molecule has 0 saturated carbocycles. The van der Waals surface area contributed by atoms with Gasteiger partial charge in [-0.15, -0.1) is 0 Å². The van der Waals surface area contributed by atoms with Crippen LogP contribution in [-0.4, -0.2) is 31.6 Å². The molecule has 0 aromatic rings. The van der Waals surface area contributed by atoms with E-state index >= 15 is 0 Å². The highest BCUT2D eigenvalue weighted by Crippen LogP contribution is 1.95. The zero-order chi connectivity index (χ0) is 7.28. The largest absolute Gasteiger partial charge is 0.349 e. The molecular formula is C5H9BrO3. The molecule has 4 heteroatoms. The van der Waals surface area contributed by atoms with Crippen molar-refractivity contribution in [2.75, 3.05) is 19.5 Å². The lowest BCUT2D eigenvalue weighted by Crippen LogP contribution is -2.25. The second kappa shape index (κ2) is 4.90. The van der Waals surface area contributed by atoms with Gasteiger partial charge in [0.15, 0.2) is 5.78 Å². The van der Waals surface area contributed by atoms with Crippen LogP contribution < -0.4 is 0 Å². The molecule has 0 amide bonds. The standard InChI is InChI=1S/C5H9BrO3/c1-8-5(9-2)4(7)3-6/h5H,3H2,1-2H3. The van der Waals surface area contributed by atoms with E-state index in [-0.39, 0.29) is 11.1 Å². The number of ether oxygens (including phenoxy) is 2. The van der Waals surface area contributed by atoms with Crippen molar-refractivity contribution in [1.29, 1.82) is 0 Å². The van der Waals surface area contributed by atoms with Gasteiger partial charge in [-0.05, 0) is 0 Å². The van der Waals surface area contributed by atoms with Crippen molar-refractivity contribution in [2.45, 2.75) is 6.29 Å². The van der Waals surface area contributed by atoms with Crippen molar-refractivity contribution < 1.29 is 14.3 Å². The monoisotopic (exact) mass is 196 g/mol. The molecular weight excluding hydrogens is 188 g/mol. The number of alkyl halides is 1. The number of ketones is 1.